The second-order valence-electron chi connectivity index (χ2n) is 5.98. The average Bonchev–Trinajstić information content (AvgIpc) is 3.10. The minimum Gasteiger partial charge on any atom is -0.487 e. The number of carboxylic acids is 1. The van der Waals surface area contributed by atoms with E-state index in [9.17, 15) is 14.7 Å². The number of hydrogen-bond acceptors (Lipinski definition) is 6. The molecule has 2 heterocycles. The predicted octanol–water partition coefficient (Wildman–Crippen LogP) is 2.36. The predicted molar refractivity (Wildman–Crippen MR) is 101 cm³/mol. The number of aromatic nitrogens is 1. The minimum atomic E-state index is -1.07. The molecule has 0 aliphatic carbocycles. The summed E-state index contributed by atoms with van der Waals surface area (Å²) in [6.45, 7) is 2.86. The fraction of sp³-hybridized carbons (Fsp3) is 0.316. The summed E-state index contributed by atoms with van der Waals surface area (Å²) < 4.78 is 11.0. The number of ether oxygens (including phenoxy) is 2. The van der Waals surface area contributed by atoms with Crippen LogP contribution < -0.4 is 4.74 Å². The van der Waals surface area contributed by atoms with Crippen LogP contribution in [0.5, 0.6) is 5.75 Å². The van der Waals surface area contributed by atoms with E-state index < -0.39 is 12.0 Å². The molecule has 1 saturated heterocycles. The van der Waals surface area contributed by atoms with Gasteiger partial charge in [-0.2, -0.15) is 0 Å². The van der Waals surface area contributed by atoms with Gasteiger partial charge in [0.05, 0.1) is 23.9 Å². The molecule has 1 unspecified atom stereocenters. The quantitative estimate of drug-likeness (QED) is 0.764. The number of carbonyl (C=O) groups is 2. The summed E-state index contributed by atoms with van der Waals surface area (Å²) in [5, 5.41) is 12.2. The van der Waals surface area contributed by atoms with E-state index in [-0.39, 0.29) is 19.1 Å². The Labute approximate surface area is 160 Å². The maximum atomic E-state index is 12.5. The van der Waals surface area contributed by atoms with Crippen LogP contribution in [0.15, 0.2) is 35.7 Å². The lowest BCUT2D eigenvalue weighted by Crippen LogP contribution is -2.52. The van der Waals surface area contributed by atoms with E-state index in [4.69, 9.17) is 9.47 Å². The topological polar surface area (TPSA) is 89.0 Å². The first kappa shape index (κ1) is 19.1. The van der Waals surface area contributed by atoms with E-state index in [1.54, 1.807) is 17.4 Å². The molecule has 1 amide bonds. The number of aliphatic carboxylic acids is 1. The number of hydrogen-bond donors (Lipinski definition) is 1. The maximum absolute atomic E-state index is 12.5. The van der Waals surface area contributed by atoms with Crippen LogP contribution in [0.4, 0.5) is 0 Å². The van der Waals surface area contributed by atoms with E-state index in [0.717, 1.165) is 16.3 Å². The van der Waals surface area contributed by atoms with Crippen molar-refractivity contribution in [3.05, 3.63) is 52.0 Å². The van der Waals surface area contributed by atoms with Gasteiger partial charge in [0.25, 0.3) is 0 Å². The summed E-state index contributed by atoms with van der Waals surface area (Å²) in [5.41, 5.74) is 1.59. The lowest BCUT2D eigenvalue weighted by molar-refractivity contribution is -0.156. The van der Waals surface area contributed by atoms with Crippen LogP contribution in [-0.4, -0.2) is 52.7 Å². The molecule has 1 aromatic carbocycles. The number of amides is 1. The molecule has 8 heteroatoms. The Morgan fingerprint density at radius 2 is 2.26 bits per heavy atom. The zero-order valence-electron chi connectivity index (χ0n) is 14.8. The average molecular weight is 388 g/mol. The number of carbonyl (C=O) groups excluding carboxylic acids is 1. The summed E-state index contributed by atoms with van der Waals surface area (Å²) in [4.78, 5) is 29.4. The van der Waals surface area contributed by atoms with Crippen molar-refractivity contribution < 1.29 is 24.2 Å². The normalized spacial score (nSPS) is 17.2. The Morgan fingerprint density at radius 1 is 1.44 bits per heavy atom. The van der Waals surface area contributed by atoms with Gasteiger partial charge in [0.15, 0.2) is 6.04 Å². The highest BCUT2D eigenvalue weighted by Gasteiger charge is 2.31. The molecule has 0 bridgehead atoms. The minimum absolute atomic E-state index is 0.00166. The van der Waals surface area contributed by atoms with Gasteiger partial charge >= 0.3 is 5.97 Å². The number of benzene rings is 1. The molecule has 1 aliphatic rings. The van der Waals surface area contributed by atoms with Gasteiger partial charge in [-0.05, 0) is 19.1 Å². The molecule has 142 valence electrons. The van der Waals surface area contributed by atoms with Gasteiger partial charge in [-0.3, -0.25) is 4.79 Å². The number of rotatable bonds is 6. The van der Waals surface area contributed by atoms with Crippen molar-refractivity contribution in [3.8, 4) is 5.75 Å². The van der Waals surface area contributed by atoms with Crippen LogP contribution >= 0.6 is 11.3 Å². The van der Waals surface area contributed by atoms with Crippen LogP contribution in [0.3, 0.4) is 0 Å². The van der Waals surface area contributed by atoms with Crippen molar-refractivity contribution in [3.63, 3.8) is 0 Å². The van der Waals surface area contributed by atoms with Crippen molar-refractivity contribution in [1.29, 1.82) is 0 Å². The maximum Gasteiger partial charge on any atom is 0.328 e. The standard InChI is InChI=1S/C19H20N2O5S/c1-13-20-15(12-27-13)10-26-17-5-3-2-4-14(17)6-7-18(22)21-8-9-25-11-16(21)19(23)24/h2-7,12,16H,8-11H2,1H3,(H,23,24)/b7-6+. The number of para-hydroxylation sites is 1. The van der Waals surface area contributed by atoms with Crippen molar-refractivity contribution >= 4 is 29.3 Å². The second kappa shape index (κ2) is 8.79. The van der Waals surface area contributed by atoms with Crippen molar-refractivity contribution in [2.24, 2.45) is 0 Å². The molecular formula is C19H20N2O5S. The summed E-state index contributed by atoms with van der Waals surface area (Å²) in [6, 6.07) is 6.38. The van der Waals surface area contributed by atoms with Crippen LogP contribution in [0, 0.1) is 6.92 Å². The van der Waals surface area contributed by atoms with Gasteiger partial charge in [-0.25, -0.2) is 9.78 Å². The molecule has 1 aliphatic heterocycles. The monoisotopic (exact) mass is 388 g/mol. The Morgan fingerprint density at radius 3 is 3.00 bits per heavy atom. The highest BCUT2D eigenvalue weighted by molar-refractivity contribution is 7.09. The van der Waals surface area contributed by atoms with E-state index in [1.807, 2.05) is 36.6 Å². The Hall–Kier alpha value is -2.71. The largest absolute Gasteiger partial charge is 0.487 e. The van der Waals surface area contributed by atoms with Gasteiger partial charge in [-0.15, -0.1) is 11.3 Å². The fourth-order valence-electron chi connectivity index (χ4n) is 2.70. The van der Waals surface area contributed by atoms with Crippen molar-refractivity contribution in [2.45, 2.75) is 19.6 Å². The first-order valence-corrected chi connectivity index (χ1v) is 9.34. The molecular weight excluding hydrogens is 368 g/mol. The Balaban J connectivity index is 1.69. The molecule has 1 fully saturated rings. The molecule has 27 heavy (non-hydrogen) atoms. The molecule has 1 N–H and O–H groups in total. The van der Waals surface area contributed by atoms with E-state index in [1.165, 1.54) is 11.0 Å². The van der Waals surface area contributed by atoms with Crippen LogP contribution in [0.2, 0.25) is 0 Å². The first-order chi connectivity index (χ1) is 13.0. The lowest BCUT2D eigenvalue weighted by atomic mass is 10.1. The third-order valence-corrected chi connectivity index (χ3v) is 4.89. The van der Waals surface area contributed by atoms with Gasteiger partial charge < -0.3 is 19.5 Å². The first-order valence-electron chi connectivity index (χ1n) is 8.46. The number of nitrogens with zero attached hydrogens (tertiary/aromatic N) is 2. The zero-order chi connectivity index (χ0) is 19.2. The number of carboxylic acid groups (broad SMARTS) is 1. The van der Waals surface area contributed by atoms with Gasteiger partial charge in [0.1, 0.15) is 12.4 Å². The highest BCUT2D eigenvalue weighted by Crippen LogP contribution is 2.21. The van der Waals surface area contributed by atoms with E-state index in [2.05, 4.69) is 4.98 Å². The smallest absolute Gasteiger partial charge is 0.328 e. The summed E-state index contributed by atoms with van der Waals surface area (Å²) in [5.74, 6) is -0.807. The van der Waals surface area contributed by atoms with E-state index in [0.29, 0.717) is 19.0 Å². The molecule has 0 saturated carbocycles. The van der Waals surface area contributed by atoms with Gasteiger partial charge in [-0.1, -0.05) is 18.2 Å². The SMILES string of the molecule is Cc1nc(COc2ccccc2/C=C/C(=O)N2CCOCC2C(=O)O)cs1. The van der Waals surface area contributed by atoms with E-state index >= 15 is 0 Å². The molecule has 2 aromatic rings. The summed E-state index contributed by atoms with van der Waals surface area (Å²) in [7, 11) is 0. The van der Waals surface area contributed by atoms with Crippen molar-refractivity contribution in [1.82, 2.24) is 9.88 Å². The lowest BCUT2D eigenvalue weighted by Gasteiger charge is -2.32. The molecule has 1 aromatic heterocycles. The van der Waals surface area contributed by atoms with Crippen molar-refractivity contribution in [2.75, 3.05) is 19.8 Å². The molecule has 0 spiro atoms. The third-order valence-electron chi connectivity index (χ3n) is 4.06. The Kier molecular flexibility index (Phi) is 6.20. The summed E-state index contributed by atoms with van der Waals surface area (Å²) >= 11 is 1.56. The van der Waals surface area contributed by atoms with Crippen LogP contribution in [-0.2, 0) is 20.9 Å². The Bertz CT molecular complexity index is 848. The second-order valence-corrected chi connectivity index (χ2v) is 7.04. The van der Waals surface area contributed by atoms with Crippen LogP contribution in [0.1, 0.15) is 16.3 Å². The van der Waals surface area contributed by atoms with Gasteiger partial charge in [0.2, 0.25) is 5.91 Å². The highest BCUT2D eigenvalue weighted by atomic mass is 32.1. The molecule has 1 atom stereocenters. The number of thiazole rings is 1. The summed E-state index contributed by atoms with van der Waals surface area (Å²) in [6.07, 6.45) is 3.01. The molecule has 7 nitrogen and oxygen atoms in total. The van der Waals surface area contributed by atoms with Gasteiger partial charge in [0, 0.05) is 23.6 Å². The molecule has 0 radical (unpaired) electrons. The fourth-order valence-corrected chi connectivity index (χ4v) is 3.30. The zero-order valence-corrected chi connectivity index (χ0v) is 15.6. The number of morpholine rings is 1. The molecule has 3 rings (SSSR count). The van der Waals surface area contributed by atoms with Crippen LogP contribution in [0.25, 0.3) is 6.08 Å². The number of aryl methyl sites for hydroxylation is 1. The third kappa shape index (κ3) is 4.93.